The SMILES string of the molecule is O=C(NC(Cc1c[nH]c2ccccc12)C(=O)O)c1ccc2ccccc2c1. The van der Waals surface area contributed by atoms with Crippen LogP contribution in [0.25, 0.3) is 21.7 Å². The van der Waals surface area contributed by atoms with Crippen molar-refractivity contribution in [3.05, 3.63) is 84.1 Å². The predicted octanol–water partition coefficient (Wildman–Crippen LogP) is 3.75. The summed E-state index contributed by atoms with van der Waals surface area (Å²) in [7, 11) is 0. The first-order valence-corrected chi connectivity index (χ1v) is 8.69. The van der Waals surface area contributed by atoms with E-state index in [0.29, 0.717) is 5.56 Å². The fraction of sp³-hybridized carbons (Fsp3) is 0.0909. The third-order valence-corrected chi connectivity index (χ3v) is 4.71. The van der Waals surface area contributed by atoms with Crippen molar-refractivity contribution in [1.82, 2.24) is 10.3 Å². The van der Waals surface area contributed by atoms with E-state index in [4.69, 9.17) is 0 Å². The average molecular weight is 358 g/mol. The molecule has 1 amide bonds. The van der Waals surface area contributed by atoms with E-state index < -0.39 is 17.9 Å². The highest BCUT2D eigenvalue weighted by Crippen LogP contribution is 2.20. The van der Waals surface area contributed by atoms with Crippen LogP contribution in [0.15, 0.2) is 72.9 Å². The molecule has 3 N–H and O–H groups in total. The van der Waals surface area contributed by atoms with E-state index in [0.717, 1.165) is 27.2 Å². The van der Waals surface area contributed by atoms with Crippen LogP contribution in [-0.2, 0) is 11.2 Å². The first-order chi connectivity index (χ1) is 13.1. The number of aromatic nitrogens is 1. The van der Waals surface area contributed by atoms with Crippen LogP contribution in [0.3, 0.4) is 0 Å². The van der Waals surface area contributed by atoms with Crippen LogP contribution in [0.4, 0.5) is 0 Å². The molecule has 0 radical (unpaired) electrons. The summed E-state index contributed by atoms with van der Waals surface area (Å²) in [6.45, 7) is 0. The molecule has 5 nitrogen and oxygen atoms in total. The van der Waals surface area contributed by atoms with Gasteiger partial charge in [-0.25, -0.2) is 4.79 Å². The van der Waals surface area contributed by atoms with Crippen LogP contribution in [0, 0.1) is 0 Å². The molecule has 134 valence electrons. The van der Waals surface area contributed by atoms with Gasteiger partial charge in [0.1, 0.15) is 6.04 Å². The molecule has 5 heteroatoms. The number of carbonyl (C=O) groups is 2. The molecule has 4 rings (SSSR count). The summed E-state index contributed by atoms with van der Waals surface area (Å²) in [4.78, 5) is 27.5. The molecule has 0 spiro atoms. The van der Waals surface area contributed by atoms with E-state index in [1.54, 1.807) is 18.3 Å². The molecule has 4 aromatic rings. The van der Waals surface area contributed by atoms with Crippen molar-refractivity contribution < 1.29 is 14.7 Å². The quantitative estimate of drug-likeness (QED) is 0.508. The Bertz CT molecular complexity index is 1150. The lowest BCUT2D eigenvalue weighted by atomic mass is 10.0. The van der Waals surface area contributed by atoms with Crippen LogP contribution in [-0.4, -0.2) is 28.0 Å². The summed E-state index contributed by atoms with van der Waals surface area (Å²) < 4.78 is 0. The summed E-state index contributed by atoms with van der Waals surface area (Å²) in [6, 6.07) is 19.8. The molecule has 1 unspecified atom stereocenters. The Morgan fingerprint density at radius 1 is 0.963 bits per heavy atom. The molecule has 1 aromatic heterocycles. The van der Waals surface area contributed by atoms with Gasteiger partial charge in [-0.05, 0) is 34.5 Å². The molecule has 27 heavy (non-hydrogen) atoms. The largest absolute Gasteiger partial charge is 0.480 e. The number of rotatable bonds is 5. The minimum Gasteiger partial charge on any atom is -0.480 e. The van der Waals surface area contributed by atoms with Gasteiger partial charge in [-0.2, -0.15) is 0 Å². The highest BCUT2D eigenvalue weighted by molar-refractivity contribution is 6.00. The second-order valence-corrected chi connectivity index (χ2v) is 6.49. The van der Waals surface area contributed by atoms with Crippen LogP contribution in [0.5, 0.6) is 0 Å². The van der Waals surface area contributed by atoms with Gasteiger partial charge in [0, 0.05) is 29.1 Å². The number of carboxylic acid groups (broad SMARTS) is 1. The summed E-state index contributed by atoms with van der Waals surface area (Å²) in [5.41, 5.74) is 2.24. The highest BCUT2D eigenvalue weighted by Gasteiger charge is 2.22. The molecular formula is C22H18N2O3. The zero-order valence-corrected chi connectivity index (χ0v) is 14.5. The highest BCUT2D eigenvalue weighted by atomic mass is 16.4. The number of benzene rings is 3. The van der Waals surface area contributed by atoms with Gasteiger partial charge in [0.15, 0.2) is 0 Å². The smallest absolute Gasteiger partial charge is 0.326 e. The van der Waals surface area contributed by atoms with Gasteiger partial charge in [-0.15, -0.1) is 0 Å². The van der Waals surface area contributed by atoms with Gasteiger partial charge in [-0.3, -0.25) is 4.79 Å². The second kappa shape index (κ2) is 6.96. The van der Waals surface area contributed by atoms with E-state index in [9.17, 15) is 14.7 Å². The maximum Gasteiger partial charge on any atom is 0.326 e. The van der Waals surface area contributed by atoms with Crippen molar-refractivity contribution in [2.24, 2.45) is 0 Å². The Labute approximate surface area is 155 Å². The number of hydrogen-bond donors (Lipinski definition) is 3. The maximum atomic E-state index is 12.6. The Hall–Kier alpha value is -3.60. The summed E-state index contributed by atoms with van der Waals surface area (Å²) in [6.07, 6.45) is 2.00. The zero-order chi connectivity index (χ0) is 18.8. The number of aromatic amines is 1. The van der Waals surface area contributed by atoms with Crippen LogP contribution in [0.2, 0.25) is 0 Å². The molecule has 0 fully saturated rings. The minimum atomic E-state index is -1.06. The molecule has 3 aromatic carbocycles. The maximum absolute atomic E-state index is 12.6. The monoisotopic (exact) mass is 358 g/mol. The fourth-order valence-electron chi connectivity index (χ4n) is 3.29. The van der Waals surface area contributed by atoms with Gasteiger partial charge in [0.2, 0.25) is 0 Å². The number of hydrogen-bond acceptors (Lipinski definition) is 2. The molecular weight excluding hydrogens is 340 g/mol. The number of amides is 1. The molecule has 1 heterocycles. The van der Waals surface area contributed by atoms with E-state index in [2.05, 4.69) is 10.3 Å². The lowest BCUT2D eigenvalue weighted by Crippen LogP contribution is -2.42. The van der Waals surface area contributed by atoms with Crippen molar-refractivity contribution in [1.29, 1.82) is 0 Å². The van der Waals surface area contributed by atoms with Gasteiger partial charge >= 0.3 is 5.97 Å². The number of carbonyl (C=O) groups excluding carboxylic acids is 1. The Morgan fingerprint density at radius 2 is 1.70 bits per heavy atom. The Kier molecular flexibility index (Phi) is 4.34. The third kappa shape index (κ3) is 3.40. The molecule has 0 saturated carbocycles. The first-order valence-electron chi connectivity index (χ1n) is 8.69. The van der Waals surface area contributed by atoms with Gasteiger partial charge in [-0.1, -0.05) is 48.5 Å². The van der Waals surface area contributed by atoms with Gasteiger partial charge < -0.3 is 15.4 Å². The van der Waals surface area contributed by atoms with E-state index in [1.165, 1.54) is 0 Å². The standard InChI is InChI=1S/C22H18N2O3/c25-21(16-10-9-14-5-1-2-6-15(14)11-16)24-20(22(26)27)12-17-13-23-19-8-4-3-7-18(17)19/h1-11,13,20,23H,12H2,(H,24,25)(H,26,27). The minimum absolute atomic E-state index is 0.207. The Morgan fingerprint density at radius 3 is 2.52 bits per heavy atom. The first kappa shape index (κ1) is 16.8. The van der Waals surface area contributed by atoms with Gasteiger partial charge in [0.25, 0.3) is 5.91 Å². The summed E-state index contributed by atoms with van der Waals surface area (Å²) in [5, 5.41) is 15.2. The number of para-hydroxylation sites is 1. The van der Waals surface area contributed by atoms with E-state index in [1.807, 2.05) is 54.6 Å². The number of carboxylic acids is 1. The summed E-state index contributed by atoms with van der Waals surface area (Å²) in [5.74, 6) is -1.46. The fourth-order valence-corrected chi connectivity index (χ4v) is 3.29. The lowest BCUT2D eigenvalue weighted by molar-refractivity contribution is -0.139. The molecule has 0 aliphatic carbocycles. The molecule has 1 atom stereocenters. The molecule has 0 bridgehead atoms. The summed E-state index contributed by atoms with van der Waals surface area (Å²) >= 11 is 0. The van der Waals surface area contributed by atoms with Gasteiger partial charge in [0.05, 0.1) is 0 Å². The van der Waals surface area contributed by atoms with Crippen molar-refractivity contribution in [3.63, 3.8) is 0 Å². The Balaban J connectivity index is 1.57. The molecule has 0 aliphatic rings. The predicted molar refractivity (Wildman–Crippen MR) is 105 cm³/mol. The zero-order valence-electron chi connectivity index (χ0n) is 14.5. The number of H-pyrrole nitrogens is 1. The van der Waals surface area contributed by atoms with Crippen molar-refractivity contribution >= 4 is 33.6 Å². The topological polar surface area (TPSA) is 82.2 Å². The second-order valence-electron chi connectivity index (χ2n) is 6.49. The number of fused-ring (bicyclic) bond motifs is 2. The average Bonchev–Trinajstić information content (AvgIpc) is 3.10. The van der Waals surface area contributed by atoms with Crippen LogP contribution < -0.4 is 5.32 Å². The van der Waals surface area contributed by atoms with Crippen molar-refractivity contribution in [3.8, 4) is 0 Å². The van der Waals surface area contributed by atoms with Crippen molar-refractivity contribution in [2.45, 2.75) is 12.5 Å². The van der Waals surface area contributed by atoms with E-state index in [-0.39, 0.29) is 6.42 Å². The van der Waals surface area contributed by atoms with Crippen LogP contribution in [0.1, 0.15) is 15.9 Å². The normalized spacial score (nSPS) is 12.1. The van der Waals surface area contributed by atoms with Crippen LogP contribution >= 0.6 is 0 Å². The lowest BCUT2D eigenvalue weighted by Gasteiger charge is -2.14. The third-order valence-electron chi connectivity index (χ3n) is 4.71. The number of nitrogens with one attached hydrogen (secondary N) is 2. The molecule has 0 saturated heterocycles. The van der Waals surface area contributed by atoms with Crippen molar-refractivity contribution in [2.75, 3.05) is 0 Å². The van der Waals surface area contributed by atoms with E-state index >= 15 is 0 Å². The molecule has 0 aliphatic heterocycles. The number of aliphatic carboxylic acids is 1.